The minimum Gasteiger partial charge on any atom is -0.337 e. The quantitative estimate of drug-likeness (QED) is 0.857. The van der Waals surface area contributed by atoms with E-state index in [1.165, 1.54) is 12.8 Å². The van der Waals surface area contributed by atoms with Crippen LogP contribution in [0.15, 0.2) is 0 Å². The molecule has 3 heterocycles. The van der Waals surface area contributed by atoms with Gasteiger partial charge in [0.25, 0.3) is 5.91 Å². The van der Waals surface area contributed by atoms with Crippen molar-refractivity contribution in [3.8, 4) is 0 Å². The summed E-state index contributed by atoms with van der Waals surface area (Å²) in [6.45, 7) is 4.63. The summed E-state index contributed by atoms with van der Waals surface area (Å²) < 4.78 is 0. The van der Waals surface area contributed by atoms with Crippen LogP contribution in [0, 0.1) is 5.92 Å². The third-order valence-corrected chi connectivity index (χ3v) is 5.13. The number of carbonyl (C=O) groups excluding carboxylic acids is 1. The molecule has 0 saturated carbocycles. The predicted molar refractivity (Wildman–Crippen MR) is 90.4 cm³/mol. The third kappa shape index (κ3) is 3.93. The SMILES string of the molecule is CN(C)CCCC1CCN(C(=O)c2n[nH]c3c2CNCC3)CC1. The zero-order valence-corrected chi connectivity index (χ0v) is 14.4. The van der Waals surface area contributed by atoms with Crippen LogP contribution in [0.25, 0.3) is 0 Å². The summed E-state index contributed by atoms with van der Waals surface area (Å²) in [7, 11) is 4.25. The Balaban J connectivity index is 1.51. The lowest BCUT2D eigenvalue weighted by Crippen LogP contribution is -2.39. The average molecular weight is 319 g/mol. The molecule has 0 spiro atoms. The Labute approximate surface area is 138 Å². The van der Waals surface area contributed by atoms with Gasteiger partial charge in [-0.1, -0.05) is 0 Å². The van der Waals surface area contributed by atoms with Gasteiger partial charge in [0.05, 0.1) is 0 Å². The molecular weight excluding hydrogens is 290 g/mol. The van der Waals surface area contributed by atoms with E-state index in [0.717, 1.165) is 69.2 Å². The largest absolute Gasteiger partial charge is 0.337 e. The molecule has 6 heteroatoms. The van der Waals surface area contributed by atoms with E-state index < -0.39 is 0 Å². The average Bonchev–Trinajstić information content (AvgIpc) is 2.98. The molecule has 3 rings (SSSR count). The topological polar surface area (TPSA) is 64.3 Å². The molecule has 0 aliphatic carbocycles. The van der Waals surface area contributed by atoms with Gasteiger partial charge in [-0.2, -0.15) is 5.10 Å². The number of nitrogens with zero attached hydrogens (tertiary/aromatic N) is 3. The van der Waals surface area contributed by atoms with Gasteiger partial charge in [-0.25, -0.2) is 0 Å². The molecule has 0 aromatic carbocycles. The highest BCUT2D eigenvalue weighted by molar-refractivity contribution is 5.94. The summed E-state index contributed by atoms with van der Waals surface area (Å²) in [5.74, 6) is 0.881. The Kier molecular flexibility index (Phi) is 5.33. The van der Waals surface area contributed by atoms with Gasteiger partial charge in [-0.15, -0.1) is 0 Å². The standard InChI is InChI=1S/C17H29N5O/c1-21(2)9-3-4-13-6-10-22(11-7-13)17(23)16-14-12-18-8-5-15(14)19-20-16/h13,18H,3-12H2,1-2H3,(H,19,20). The number of hydrogen-bond acceptors (Lipinski definition) is 4. The first-order chi connectivity index (χ1) is 11.1. The third-order valence-electron chi connectivity index (χ3n) is 5.13. The molecule has 6 nitrogen and oxygen atoms in total. The molecule has 2 N–H and O–H groups in total. The number of piperidine rings is 1. The molecular formula is C17H29N5O. The monoisotopic (exact) mass is 319 g/mol. The fraction of sp³-hybridized carbons (Fsp3) is 0.765. The van der Waals surface area contributed by atoms with E-state index in [4.69, 9.17) is 0 Å². The maximum Gasteiger partial charge on any atom is 0.274 e. The Hall–Kier alpha value is -1.40. The Morgan fingerprint density at radius 1 is 1.35 bits per heavy atom. The second-order valence-electron chi connectivity index (χ2n) is 7.14. The first-order valence-corrected chi connectivity index (χ1v) is 8.86. The number of hydrogen-bond donors (Lipinski definition) is 2. The summed E-state index contributed by atoms with van der Waals surface area (Å²) in [4.78, 5) is 17.0. The molecule has 1 amide bonds. The van der Waals surface area contributed by atoms with Crippen molar-refractivity contribution in [2.24, 2.45) is 5.92 Å². The number of fused-ring (bicyclic) bond motifs is 1. The number of H-pyrrole nitrogens is 1. The van der Waals surface area contributed by atoms with E-state index in [0.29, 0.717) is 5.69 Å². The van der Waals surface area contributed by atoms with E-state index >= 15 is 0 Å². The van der Waals surface area contributed by atoms with Crippen molar-refractivity contribution in [3.63, 3.8) is 0 Å². The molecule has 1 saturated heterocycles. The number of carbonyl (C=O) groups is 1. The fourth-order valence-corrected chi connectivity index (χ4v) is 3.67. The Bertz CT molecular complexity index is 531. The van der Waals surface area contributed by atoms with Crippen LogP contribution in [-0.4, -0.2) is 66.2 Å². The lowest BCUT2D eigenvalue weighted by atomic mass is 9.92. The minimum absolute atomic E-state index is 0.109. The van der Waals surface area contributed by atoms with Crippen LogP contribution in [0.1, 0.15) is 47.4 Å². The summed E-state index contributed by atoms with van der Waals surface area (Å²) in [6, 6.07) is 0. The number of aromatic amines is 1. The summed E-state index contributed by atoms with van der Waals surface area (Å²) in [5, 5.41) is 10.7. The highest BCUT2D eigenvalue weighted by atomic mass is 16.2. The first kappa shape index (κ1) is 16.5. The van der Waals surface area contributed by atoms with Crippen LogP contribution < -0.4 is 5.32 Å². The van der Waals surface area contributed by atoms with Gasteiger partial charge in [-0.3, -0.25) is 9.89 Å². The zero-order valence-electron chi connectivity index (χ0n) is 14.4. The summed E-state index contributed by atoms with van der Waals surface area (Å²) >= 11 is 0. The molecule has 0 atom stereocenters. The van der Waals surface area contributed by atoms with Crippen molar-refractivity contribution in [1.29, 1.82) is 0 Å². The van der Waals surface area contributed by atoms with Crippen LogP contribution in [0.3, 0.4) is 0 Å². The van der Waals surface area contributed by atoms with Crippen LogP contribution in [0.2, 0.25) is 0 Å². The van der Waals surface area contributed by atoms with Gasteiger partial charge in [0, 0.05) is 43.9 Å². The molecule has 2 aliphatic rings. The number of amides is 1. The second-order valence-corrected chi connectivity index (χ2v) is 7.14. The molecule has 1 aromatic rings. The van der Waals surface area contributed by atoms with E-state index in [2.05, 4.69) is 34.5 Å². The Morgan fingerprint density at radius 3 is 2.87 bits per heavy atom. The molecule has 0 unspecified atom stereocenters. The van der Waals surface area contributed by atoms with Crippen molar-refractivity contribution in [1.82, 2.24) is 25.3 Å². The zero-order chi connectivity index (χ0) is 16.2. The van der Waals surface area contributed by atoms with Gasteiger partial charge in [-0.05, 0) is 52.2 Å². The van der Waals surface area contributed by atoms with Crippen molar-refractivity contribution in [2.45, 2.75) is 38.6 Å². The smallest absolute Gasteiger partial charge is 0.274 e. The highest BCUT2D eigenvalue weighted by Gasteiger charge is 2.28. The van der Waals surface area contributed by atoms with E-state index in [-0.39, 0.29) is 5.91 Å². The van der Waals surface area contributed by atoms with Crippen molar-refractivity contribution < 1.29 is 4.79 Å². The molecule has 23 heavy (non-hydrogen) atoms. The summed E-state index contributed by atoms with van der Waals surface area (Å²) in [5.41, 5.74) is 2.85. The van der Waals surface area contributed by atoms with E-state index in [1.807, 2.05) is 4.90 Å². The van der Waals surface area contributed by atoms with Crippen molar-refractivity contribution >= 4 is 5.91 Å². The number of likely N-dealkylation sites (tertiary alicyclic amines) is 1. The normalized spacial score (nSPS) is 19.2. The van der Waals surface area contributed by atoms with Crippen molar-refractivity contribution in [3.05, 3.63) is 17.0 Å². The fourth-order valence-electron chi connectivity index (χ4n) is 3.67. The molecule has 1 fully saturated rings. The Morgan fingerprint density at radius 2 is 2.13 bits per heavy atom. The minimum atomic E-state index is 0.109. The van der Waals surface area contributed by atoms with Crippen molar-refractivity contribution in [2.75, 3.05) is 40.3 Å². The number of rotatable bonds is 5. The number of aromatic nitrogens is 2. The molecule has 128 valence electrons. The van der Waals surface area contributed by atoms with Crippen LogP contribution in [0.4, 0.5) is 0 Å². The van der Waals surface area contributed by atoms with E-state index in [1.54, 1.807) is 0 Å². The van der Waals surface area contributed by atoms with E-state index in [9.17, 15) is 4.79 Å². The van der Waals surface area contributed by atoms with Gasteiger partial charge in [0.2, 0.25) is 0 Å². The van der Waals surface area contributed by atoms with Gasteiger partial charge in [0.1, 0.15) is 0 Å². The molecule has 0 radical (unpaired) electrons. The second kappa shape index (κ2) is 7.45. The summed E-state index contributed by atoms with van der Waals surface area (Å²) in [6.07, 6.45) is 5.73. The molecule has 2 aliphatic heterocycles. The predicted octanol–water partition coefficient (Wildman–Crippen LogP) is 1.25. The van der Waals surface area contributed by atoms with Gasteiger partial charge < -0.3 is 15.1 Å². The molecule has 0 bridgehead atoms. The highest BCUT2D eigenvalue weighted by Crippen LogP contribution is 2.24. The lowest BCUT2D eigenvalue weighted by Gasteiger charge is -2.32. The maximum absolute atomic E-state index is 12.8. The maximum atomic E-state index is 12.8. The number of nitrogens with one attached hydrogen (secondary N) is 2. The van der Waals surface area contributed by atoms with Crippen LogP contribution in [0.5, 0.6) is 0 Å². The van der Waals surface area contributed by atoms with Gasteiger partial charge in [0.15, 0.2) is 5.69 Å². The first-order valence-electron chi connectivity index (χ1n) is 8.86. The molecule has 1 aromatic heterocycles. The van der Waals surface area contributed by atoms with Crippen LogP contribution in [-0.2, 0) is 13.0 Å². The van der Waals surface area contributed by atoms with Crippen LogP contribution >= 0.6 is 0 Å². The van der Waals surface area contributed by atoms with Gasteiger partial charge >= 0.3 is 0 Å². The lowest BCUT2D eigenvalue weighted by molar-refractivity contribution is 0.0677.